The first kappa shape index (κ1) is 16.7. The monoisotopic (exact) mass is 330 g/mol. The van der Waals surface area contributed by atoms with Crippen molar-refractivity contribution in [2.75, 3.05) is 19.7 Å². The molecule has 1 N–H and O–H groups in total. The van der Waals surface area contributed by atoms with Crippen LogP contribution < -0.4 is 10.5 Å². The van der Waals surface area contributed by atoms with Gasteiger partial charge in [0.25, 0.3) is 0 Å². The Morgan fingerprint density at radius 3 is 3.00 bits per heavy atom. The third-order valence-corrected chi connectivity index (χ3v) is 4.66. The van der Waals surface area contributed by atoms with Gasteiger partial charge in [-0.05, 0) is 38.3 Å². The summed E-state index contributed by atoms with van der Waals surface area (Å²) in [5.74, 6) is -0.134. The number of piperidine rings is 1. The quantitative estimate of drug-likeness (QED) is 0.681. The van der Waals surface area contributed by atoms with Crippen molar-refractivity contribution >= 4 is 16.9 Å². The Morgan fingerprint density at radius 2 is 2.21 bits per heavy atom. The summed E-state index contributed by atoms with van der Waals surface area (Å²) in [5, 5.41) is 0.978. The summed E-state index contributed by atoms with van der Waals surface area (Å²) in [6.45, 7) is 6.72. The van der Waals surface area contributed by atoms with Crippen LogP contribution in [-0.4, -0.2) is 25.7 Å². The van der Waals surface area contributed by atoms with Crippen LogP contribution in [0.25, 0.3) is 11.0 Å². The van der Waals surface area contributed by atoms with Crippen LogP contribution in [0.15, 0.2) is 33.5 Å². The van der Waals surface area contributed by atoms with E-state index in [2.05, 4.69) is 0 Å². The molecule has 2 atom stereocenters. The predicted octanol–water partition coefficient (Wildman–Crippen LogP) is 1.46. The zero-order valence-electron chi connectivity index (χ0n) is 14.3. The smallest absolute Gasteiger partial charge is 0.336 e. The van der Waals surface area contributed by atoms with Crippen LogP contribution in [-0.2, 0) is 16.1 Å². The minimum Gasteiger partial charge on any atom is -0.466 e. The minimum atomic E-state index is -0.318. The Bertz CT molecular complexity index is 796. The molecular formula is C19H24NO4+. The lowest BCUT2D eigenvalue weighted by atomic mass is 9.97. The minimum absolute atomic E-state index is 0.0395. The fourth-order valence-electron chi connectivity index (χ4n) is 3.53. The van der Waals surface area contributed by atoms with Crippen LogP contribution in [0.4, 0.5) is 0 Å². The number of nitrogens with one attached hydrogen (secondary N) is 1. The molecule has 1 fully saturated rings. The maximum Gasteiger partial charge on any atom is 0.336 e. The van der Waals surface area contributed by atoms with Crippen molar-refractivity contribution in [2.24, 2.45) is 5.92 Å². The van der Waals surface area contributed by atoms with Crippen LogP contribution in [0.3, 0.4) is 0 Å². The molecule has 1 aliphatic rings. The zero-order chi connectivity index (χ0) is 17.1. The number of ether oxygens (including phenoxy) is 1. The molecule has 0 bridgehead atoms. The van der Waals surface area contributed by atoms with E-state index < -0.39 is 0 Å². The lowest BCUT2D eigenvalue weighted by Crippen LogP contribution is -3.12. The van der Waals surface area contributed by atoms with Gasteiger partial charge in [-0.3, -0.25) is 4.79 Å². The van der Waals surface area contributed by atoms with Crippen LogP contribution >= 0.6 is 0 Å². The molecule has 1 aliphatic heterocycles. The molecule has 0 spiro atoms. The summed E-state index contributed by atoms with van der Waals surface area (Å²) < 4.78 is 10.5. The molecule has 3 rings (SSSR count). The molecule has 0 saturated carbocycles. The van der Waals surface area contributed by atoms with Crippen LogP contribution in [0, 0.1) is 12.8 Å². The van der Waals surface area contributed by atoms with Crippen LogP contribution in [0.2, 0.25) is 0 Å². The first-order valence-electron chi connectivity index (χ1n) is 8.60. The highest BCUT2D eigenvalue weighted by Gasteiger charge is 2.30. The van der Waals surface area contributed by atoms with E-state index in [1.54, 1.807) is 6.07 Å². The van der Waals surface area contributed by atoms with Gasteiger partial charge in [0.05, 0.1) is 19.7 Å². The maximum atomic E-state index is 12.0. The SMILES string of the molecule is CCOC(=O)[C@H]1CCC[NH+](Cc2cc(=O)oc3cc(C)ccc23)C1. The molecule has 0 amide bonds. The Balaban J connectivity index is 1.82. The molecule has 24 heavy (non-hydrogen) atoms. The molecular weight excluding hydrogens is 306 g/mol. The second-order valence-electron chi connectivity index (χ2n) is 6.56. The molecule has 1 aromatic carbocycles. The van der Waals surface area contributed by atoms with Crippen molar-refractivity contribution in [1.82, 2.24) is 0 Å². The number of hydrogen-bond acceptors (Lipinski definition) is 4. The molecule has 0 radical (unpaired) electrons. The van der Waals surface area contributed by atoms with Gasteiger partial charge in [0, 0.05) is 17.0 Å². The highest BCUT2D eigenvalue weighted by Crippen LogP contribution is 2.18. The van der Waals surface area contributed by atoms with Gasteiger partial charge >= 0.3 is 11.6 Å². The van der Waals surface area contributed by atoms with Gasteiger partial charge in [0.2, 0.25) is 0 Å². The number of likely N-dealkylation sites (tertiary alicyclic amines) is 1. The number of carbonyl (C=O) groups is 1. The average molecular weight is 330 g/mol. The van der Waals surface area contributed by atoms with Gasteiger partial charge in [0.1, 0.15) is 18.0 Å². The van der Waals surface area contributed by atoms with Crippen LogP contribution in [0.5, 0.6) is 0 Å². The fourth-order valence-corrected chi connectivity index (χ4v) is 3.53. The number of quaternary nitrogens is 1. The summed E-state index contributed by atoms with van der Waals surface area (Å²) in [5.41, 5.74) is 2.37. The van der Waals surface area contributed by atoms with Gasteiger partial charge in [-0.15, -0.1) is 0 Å². The van der Waals surface area contributed by atoms with Crippen molar-refractivity contribution in [1.29, 1.82) is 0 Å². The Labute approximate surface area is 141 Å². The van der Waals surface area contributed by atoms with Gasteiger partial charge in [-0.2, -0.15) is 0 Å². The van der Waals surface area contributed by atoms with Gasteiger partial charge < -0.3 is 14.1 Å². The number of rotatable bonds is 4. The first-order chi connectivity index (χ1) is 11.6. The van der Waals surface area contributed by atoms with E-state index >= 15 is 0 Å². The fraction of sp³-hybridized carbons (Fsp3) is 0.474. The molecule has 1 unspecified atom stereocenters. The highest BCUT2D eigenvalue weighted by molar-refractivity contribution is 5.80. The predicted molar refractivity (Wildman–Crippen MR) is 91.0 cm³/mol. The first-order valence-corrected chi connectivity index (χ1v) is 8.60. The molecule has 1 aromatic heterocycles. The van der Waals surface area contributed by atoms with Gasteiger partial charge in [0.15, 0.2) is 0 Å². The molecule has 2 heterocycles. The van der Waals surface area contributed by atoms with Crippen molar-refractivity contribution < 1.29 is 18.8 Å². The van der Waals surface area contributed by atoms with E-state index in [0.29, 0.717) is 12.2 Å². The van der Waals surface area contributed by atoms with Crippen molar-refractivity contribution in [3.05, 3.63) is 45.8 Å². The van der Waals surface area contributed by atoms with E-state index in [9.17, 15) is 9.59 Å². The number of carbonyl (C=O) groups excluding carboxylic acids is 1. The standard InChI is InChI=1S/C19H23NO4/c1-3-23-19(22)14-5-4-8-20(11-14)12-15-10-18(21)24-17-9-13(2)6-7-16(15)17/h6-7,9-10,14H,3-5,8,11-12H2,1-2H3/p+1/t14-/m0/s1. The van der Waals surface area contributed by atoms with Crippen molar-refractivity contribution in [2.45, 2.75) is 33.2 Å². The van der Waals surface area contributed by atoms with E-state index in [4.69, 9.17) is 9.15 Å². The van der Waals surface area contributed by atoms with E-state index in [-0.39, 0.29) is 17.5 Å². The Hall–Kier alpha value is -2.14. The number of esters is 1. The topological polar surface area (TPSA) is 61.0 Å². The Kier molecular flexibility index (Phi) is 5.00. The lowest BCUT2D eigenvalue weighted by Gasteiger charge is -2.28. The third-order valence-electron chi connectivity index (χ3n) is 4.66. The lowest BCUT2D eigenvalue weighted by molar-refractivity contribution is -0.921. The second-order valence-corrected chi connectivity index (χ2v) is 6.56. The Morgan fingerprint density at radius 1 is 1.38 bits per heavy atom. The van der Waals surface area contributed by atoms with Crippen molar-refractivity contribution in [3.63, 3.8) is 0 Å². The number of aryl methyl sites for hydroxylation is 1. The third kappa shape index (κ3) is 3.67. The van der Waals surface area contributed by atoms with Crippen LogP contribution in [0.1, 0.15) is 30.9 Å². The number of fused-ring (bicyclic) bond motifs is 1. The molecule has 2 aromatic rings. The molecule has 1 saturated heterocycles. The maximum absolute atomic E-state index is 12.0. The van der Waals surface area contributed by atoms with E-state index in [1.807, 2.05) is 32.0 Å². The van der Waals surface area contributed by atoms with Gasteiger partial charge in [-0.25, -0.2) is 4.79 Å². The highest BCUT2D eigenvalue weighted by atomic mass is 16.5. The molecule has 128 valence electrons. The molecule has 5 nitrogen and oxygen atoms in total. The van der Waals surface area contributed by atoms with E-state index in [1.165, 1.54) is 4.90 Å². The summed E-state index contributed by atoms with van der Waals surface area (Å²) in [4.78, 5) is 25.2. The number of benzene rings is 1. The van der Waals surface area contributed by atoms with Crippen molar-refractivity contribution in [3.8, 4) is 0 Å². The average Bonchev–Trinajstić information content (AvgIpc) is 2.54. The second kappa shape index (κ2) is 7.18. The number of hydrogen-bond donors (Lipinski definition) is 1. The van der Waals surface area contributed by atoms with Gasteiger partial charge in [-0.1, -0.05) is 12.1 Å². The molecule has 0 aliphatic carbocycles. The summed E-state index contributed by atoms with van der Waals surface area (Å²) in [6, 6.07) is 7.51. The summed E-state index contributed by atoms with van der Waals surface area (Å²) in [7, 11) is 0. The normalized spacial score (nSPS) is 20.9. The largest absolute Gasteiger partial charge is 0.466 e. The summed E-state index contributed by atoms with van der Waals surface area (Å²) >= 11 is 0. The zero-order valence-corrected chi connectivity index (χ0v) is 14.3. The summed E-state index contributed by atoms with van der Waals surface area (Å²) in [6.07, 6.45) is 1.89. The molecule has 5 heteroatoms. The van der Waals surface area contributed by atoms with E-state index in [0.717, 1.165) is 49.0 Å².